The lowest BCUT2D eigenvalue weighted by molar-refractivity contribution is 0.0549. The maximum Gasteiger partial charge on any atom is 0.251 e. The molecule has 0 radical (unpaired) electrons. The molecule has 20 heavy (non-hydrogen) atoms. The van der Waals surface area contributed by atoms with Crippen LogP contribution in [0.25, 0.3) is 0 Å². The number of phenolic OH excluding ortho intramolecular Hbond substituents is 1. The van der Waals surface area contributed by atoms with E-state index in [0.717, 1.165) is 19.4 Å². The molecule has 0 unspecified atom stereocenters. The highest BCUT2D eigenvalue weighted by molar-refractivity contribution is 5.85. The molecule has 0 bridgehead atoms. The lowest BCUT2D eigenvalue weighted by atomic mass is 9.99. The van der Waals surface area contributed by atoms with Crippen LogP contribution in [0.1, 0.15) is 12.8 Å². The van der Waals surface area contributed by atoms with Crippen LogP contribution in [0.15, 0.2) is 24.3 Å². The number of ether oxygens (including phenoxy) is 1. The van der Waals surface area contributed by atoms with Crippen molar-refractivity contribution < 1.29 is 18.6 Å². The number of hydrogen-bond acceptors (Lipinski definition) is 3. The van der Waals surface area contributed by atoms with Gasteiger partial charge in [0.2, 0.25) is 0 Å². The molecule has 6 heteroatoms. The van der Waals surface area contributed by atoms with Crippen molar-refractivity contribution >= 4 is 12.4 Å². The Labute approximate surface area is 123 Å². The Kier molecular flexibility index (Phi) is 7.02. The van der Waals surface area contributed by atoms with E-state index in [9.17, 15) is 13.9 Å². The second-order valence-electron chi connectivity index (χ2n) is 4.94. The average molecular weight is 308 g/mol. The van der Waals surface area contributed by atoms with Crippen molar-refractivity contribution in [3.63, 3.8) is 0 Å². The molecule has 0 spiro atoms. The number of rotatable bonds is 5. The van der Waals surface area contributed by atoms with Gasteiger partial charge in [0.25, 0.3) is 6.43 Å². The van der Waals surface area contributed by atoms with Crippen molar-refractivity contribution in [2.24, 2.45) is 5.92 Å². The normalized spacial score (nSPS) is 19.6. The Balaban J connectivity index is 0.00000200. The highest BCUT2D eigenvalue weighted by Crippen LogP contribution is 2.26. The lowest BCUT2D eigenvalue weighted by Gasteiger charge is -2.32. The topological polar surface area (TPSA) is 32.7 Å². The molecule has 1 N–H and O–H groups in total. The maximum absolute atomic E-state index is 12.3. The Bertz CT molecular complexity index is 407. The molecule has 1 aromatic carbocycles. The molecule has 0 saturated carbocycles. The van der Waals surface area contributed by atoms with Crippen LogP contribution in [-0.4, -0.2) is 42.7 Å². The van der Waals surface area contributed by atoms with Gasteiger partial charge in [-0.05, 0) is 31.5 Å². The van der Waals surface area contributed by atoms with E-state index in [1.807, 2.05) is 0 Å². The minimum atomic E-state index is -2.28. The van der Waals surface area contributed by atoms with E-state index in [1.54, 1.807) is 29.2 Å². The molecule has 1 aromatic rings. The first-order valence-electron chi connectivity index (χ1n) is 6.56. The smallest absolute Gasteiger partial charge is 0.251 e. The fourth-order valence-corrected chi connectivity index (χ4v) is 2.44. The number of phenols is 1. The molecule has 2 rings (SSSR count). The first-order chi connectivity index (χ1) is 9.15. The fraction of sp³-hybridized carbons (Fsp3) is 0.571. The van der Waals surface area contributed by atoms with Crippen LogP contribution in [0.3, 0.4) is 0 Å². The van der Waals surface area contributed by atoms with E-state index in [4.69, 9.17) is 4.74 Å². The molecule has 1 aliphatic rings. The average Bonchev–Trinajstić information content (AvgIpc) is 2.37. The predicted molar refractivity (Wildman–Crippen MR) is 76.0 cm³/mol. The molecule has 1 aliphatic heterocycles. The van der Waals surface area contributed by atoms with E-state index in [0.29, 0.717) is 18.9 Å². The highest BCUT2D eigenvalue weighted by atomic mass is 35.5. The van der Waals surface area contributed by atoms with Crippen molar-refractivity contribution in [1.29, 1.82) is 0 Å². The first kappa shape index (κ1) is 17.0. The summed E-state index contributed by atoms with van der Waals surface area (Å²) in [6.45, 7) is 1.67. The van der Waals surface area contributed by atoms with Gasteiger partial charge in [-0.3, -0.25) is 4.90 Å². The zero-order valence-corrected chi connectivity index (χ0v) is 12.0. The van der Waals surface area contributed by atoms with Crippen LogP contribution in [0.2, 0.25) is 0 Å². The van der Waals surface area contributed by atoms with Gasteiger partial charge in [0, 0.05) is 12.5 Å². The highest BCUT2D eigenvalue weighted by Gasteiger charge is 2.22. The zero-order valence-electron chi connectivity index (χ0n) is 11.2. The molecule has 3 nitrogen and oxygen atoms in total. The van der Waals surface area contributed by atoms with Crippen LogP contribution in [-0.2, 0) is 0 Å². The van der Waals surface area contributed by atoms with Gasteiger partial charge in [-0.25, -0.2) is 8.78 Å². The number of alkyl halides is 2. The Hall–Kier alpha value is -1.07. The number of nitrogens with zero attached hydrogens (tertiary/aromatic N) is 1. The number of halogens is 3. The number of para-hydroxylation sites is 2. The van der Waals surface area contributed by atoms with E-state index in [2.05, 4.69) is 0 Å². The van der Waals surface area contributed by atoms with E-state index in [1.165, 1.54) is 0 Å². The second kappa shape index (κ2) is 8.27. The summed E-state index contributed by atoms with van der Waals surface area (Å²) in [5.74, 6) is 0.809. The predicted octanol–water partition coefficient (Wildman–Crippen LogP) is 3.17. The van der Waals surface area contributed by atoms with Crippen LogP contribution in [0.4, 0.5) is 8.78 Å². The summed E-state index contributed by atoms with van der Waals surface area (Å²) >= 11 is 0. The minimum Gasteiger partial charge on any atom is -0.504 e. The Morgan fingerprint density at radius 2 is 2.10 bits per heavy atom. The molecule has 0 aliphatic carbocycles. The van der Waals surface area contributed by atoms with Crippen molar-refractivity contribution in [3.8, 4) is 11.5 Å². The van der Waals surface area contributed by atoms with Gasteiger partial charge in [0.15, 0.2) is 11.5 Å². The summed E-state index contributed by atoms with van der Waals surface area (Å²) < 4.78 is 30.3. The summed E-state index contributed by atoms with van der Waals surface area (Å²) in [4.78, 5) is 1.78. The Morgan fingerprint density at radius 3 is 2.80 bits per heavy atom. The molecule has 1 saturated heterocycles. The van der Waals surface area contributed by atoms with E-state index in [-0.39, 0.29) is 30.6 Å². The standard InChI is InChI=1S/C14H19F2NO2.ClH/c15-14(16)9-17-7-3-4-11(8-17)10-19-13-6-2-1-5-12(13)18;/h1-2,5-6,11,14,18H,3-4,7-10H2;1H/t11-;/m0./s1. The monoisotopic (exact) mass is 307 g/mol. The lowest BCUT2D eigenvalue weighted by Crippen LogP contribution is -2.40. The summed E-state index contributed by atoms with van der Waals surface area (Å²) in [5.41, 5.74) is 0. The van der Waals surface area contributed by atoms with Gasteiger partial charge < -0.3 is 9.84 Å². The van der Waals surface area contributed by atoms with E-state index >= 15 is 0 Å². The zero-order chi connectivity index (χ0) is 13.7. The molecule has 1 heterocycles. The quantitative estimate of drug-likeness (QED) is 0.907. The van der Waals surface area contributed by atoms with Crippen molar-refractivity contribution in [1.82, 2.24) is 4.90 Å². The van der Waals surface area contributed by atoms with Crippen LogP contribution < -0.4 is 4.74 Å². The summed E-state index contributed by atoms with van der Waals surface area (Å²) in [6, 6.07) is 6.79. The van der Waals surface area contributed by atoms with Gasteiger partial charge in [0.1, 0.15) is 0 Å². The number of hydrogen-bond donors (Lipinski definition) is 1. The Morgan fingerprint density at radius 1 is 1.35 bits per heavy atom. The molecular weight excluding hydrogens is 288 g/mol. The van der Waals surface area contributed by atoms with E-state index < -0.39 is 6.43 Å². The number of benzene rings is 1. The van der Waals surface area contributed by atoms with Crippen molar-refractivity contribution in [3.05, 3.63) is 24.3 Å². The van der Waals surface area contributed by atoms with Gasteiger partial charge in [-0.1, -0.05) is 12.1 Å². The summed E-state index contributed by atoms with van der Waals surface area (Å²) in [5, 5.41) is 9.58. The van der Waals surface area contributed by atoms with Gasteiger partial charge in [-0.2, -0.15) is 0 Å². The SMILES string of the molecule is Cl.Oc1ccccc1OC[C@H]1CCCN(CC(F)F)C1. The number of piperidine rings is 1. The van der Waals surface area contributed by atoms with Crippen LogP contribution in [0, 0.1) is 5.92 Å². The minimum absolute atomic E-state index is 0. The van der Waals surface area contributed by atoms with Crippen molar-refractivity contribution in [2.45, 2.75) is 19.3 Å². The second-order valence-corrected chi connectivity index (χ2v) is 4.94. The van der Waals surface area contributed by atoms with Crippen molar-refractivity contribution in [2.75, 3.05) is 26.2 Å². The molecule has 114 valence electrons. The molecule has 0 aromatic heterocycles. The molecular formula is C14H20ClF2NO2. The van der Waals surface area contributed by atoms with Gasteiger partial charge in [0.05, 0.1) is 13.2 Å². The fourth-order valence-electron chi connectivity index (χ4n) is 2.44. The first-order valence-corrected chi connectivity index (χ1v) is 6.56. The van der Waals surface area contributed by atoms with Gasteiger partial charge in [-0.15, -0.1) is 12.4 Å². The van der Waals surface area contributed by atoms with Crippen LogP contribution >= 0.6 is 12.4 Å². The van der Waals surface area contributed by atoms with Gasteiger partial charge >= 0.3 is 0 Å². The van der Waals surface area contributed by atoms with Crippen LogP contribution in [0.5, 0.6) is 11.5 Å². The molecule has 1 fully saturated rings. The summed E-state index contributed by atoms with van der Waals surface area (Å²) in [7, 11) is 0. The summed E-state index contributed by atoms with van der Waals surface area (Å²) in [6.07, 6.45) is -0.382. The number of likely N-dealkylation sites (tertiary alicyclic amines) is 1. The molecule has 0 amide bonds. The third kappa shape index (κ3) is 5.13. The largest absolute Gasteiger partial charge is 0.504 e. The maximum atomic E-state index is 12.3. The third-order valence-electron chi connectivity index (χ3n) is 3.34. The molecule has 1 atom stereocenters. The number of aromatic hydroxyl groups is 1. The third-order valence-corrected chi connectivity index (χ3v) is 3.34.